The lowest BCUT2D eigenvalue weighted by molar-refractivity contribution is 0.389. The number of hydrogen-bond acceptors (Lipinski definition) is 6. The predicted octanol–water partition coefficient (Wildman–Crippen LogP) is 2.31. The first-order valence-corrected chi connectivity index (χ1v) is 6.06. The molecule has 0 aliphatic rings. The van der Waals surface area contributed by atoms with Crippen LogP contribution >= 0.6 is 11.6 Å². The number of aromatic nitrogens is 3. The van der Waals surface area contributed by atoms with Gasteiger partial charge in [0, 0.05) is 6.54 Å². The van der Waals surface area contributed by atoms with E-state index >= 15 is 0 Å². The van der Waals surface area contributed by atoms with E-state index in [1.54, 1.807) is 0 Å². The largest absolute Gasteiger partial charge is 0.354 e. The molecule has 0 radical (unpaired) electrons. The number of anilines is 2. The van der Waals surface area contributed by atoms with Crippen LogP contribution < -0.4 is 10.6 Å². The van der Waals surface area contributed by atoms with Crippen molar-refractivity contribution in [2.75, 3.05) is 17.2 Å². The Morgan fingerprint density at radius 2 is 1.89 bits per heavy atom. The van der Waals surface area contributed by atoms with Gasteiger partial charge in [-0.1, -0.05) is 20.8 Å². The van der Waals surface area contributed by atoms with Gasteiger partial charge in [-0.3, -0.25) is 0 Å². The van der Waals surface area contributed by atoms with Crippen LogP contribution in [0.15, 0.2) is 0 Å². The number of hydrogen-bond donors (Lipinski definition) is 2. The van der Waals surface area contributed by atoms with Crippen molar-refractivity contribution in [1.82, 2.24) is 15.0 Å². The summed E-state index contributed by atoms with van der Waals surface area (Å²) in [4.78, 5) is 12.0. The standard InChI is InChI=1S/C11H17ClN6/c1-5-14-9-16-8(12)17-10(18-9)15-7(6-13)11(2,3)4/h7H,5H2,1-4H3,(H2,14,15,16,17,18). The Morgan fingerprint density at radius 1 is 1.28 bits per heavy atom. The Morgan fingerprint density at radius 3 is 2.39 bits per heavy atom. The number of nitriles is 1. The van der Waals surface area contributed by atoms with Crippen LogP contribution in [0.25, 0.3) is 0 Å². The molecule has 2 N–H and O–H groups in total. The smallest absolute Gasteiger partial charge is 0.229 e. The van der Waals surface area contributed by atoms with Gasteiger partial charge in [0.2, 0.25) is 17.2 Å². The molecule has 0 fully saturated rings. The highest BCUT2D eigenvalue weighted by atomic mass is 35.5. The van der Waals surface area contributed by atoms with Gasteiger partial charge in [0.15, 0.2) is 0 Å². The Balaban J connectivity index is 2.93. The highest BCUT2D eigenvalue weighted by Crippen LogP contribution is 2.22. The van der Waals surface area contributed by atoms with E-state index in [0.717, 1.165) is 0 Å². The molecule has 0 saturated carbocycles. The molecule has 98 valence electrons. The Labute approximate surface area is 112 Å². The van der Waals surface area contributed by atoms with Crippen molar-refractivity contribution in [3.8, 4) is 6.07 Å². The molecule has 1 aromatic heterocycles. The number of halogens is 1. The van der Waals surface area contributed by atoms with Gasteiger partial charge in [-0.2, -0.15) is 20.2 Å². The van der Waals surface area contributed by atoms with Crippen molar-refractivity contribution in [2.45, 2.75) is 33.7 Å². The molecule has 0 saturated heterocycles. The molecule has 7 heteroatoms. The second-order valence-corrected chi connectivity index (χ2v) is 5.19. The molecule has 0 aromatic carbocycles. The topological polar surface area (TPSA) is 86.5 Å². The summed E-state index contributed by atoms with van der Waals surface area (Å²) in [5.41, 5.74) is -0.230. The van der Waals surface area contributed by atoms with Gasteiger partial charge in [0.1, 0.15) is 6.04 Å². The molecule has 1 atom stereocenters. The minimum atomic E-state index is -0.412. The first-order chi connectivity index (χ1) is 8.36. The van der Waals surface area contributed by atoms with E-state index in [9.17, 15) is 0 Å². The van der Waals surface area contributed by atoms with Crippen LogP contribution in [0.1, 0.15) is 27.7 Å². The SMILES string of the molecule is CCNc1nc(Cl)nc(NC(C#N)C(C)(C)C)n1. The molecule has 0 aliphatic carbocycles. The van der Waals surface area contributed by atoms with Crippen LogP contribution in [0.4, 0.5) is 11.9 Å². The molecule has 1 rings (SSSR count). The van der Waals surface area contributed by atoms with Gasteiger partial charge < -0.3 is 10.6 Å². The van der Waals surface area contributed by atoms with Crippen molar-refractivity contribution in [2.24, 2.45) is 5.41 Å². The highest BCUT2D eigenvalue weighted by molar-refractivity contribution is 6.28. The van der Waals surface area contributed by atoms with Crippen LogP contribution in [0.3, 0.4) is 0 Å². The molecule has 18 heavy (non-hydrogen) atoms. The van der Waals surface area contributed by atoms with Crippen molar-refractivity contribution in [1.29, 1.82) is 5.26 Å². The van der Waals surface area contributed by atoms with Gasteiger partial charge in [-0.15, -0.1) is 0 Å². The minimum absolute atomic E-state index is 0.0917. The average molecular weight is 269 g/mol. The van der Waals surface area contributed by atoms with E-state index in [1.165, 1.54) is 0 Å². The highest BCUT2D eigenvalue weighted by Gasteiger charge is 2.25. The number of nitrogens with zero attached hydrogens (tertiary/aromatic N) is 4. The summed E-state index contributed by atoms with van der Waals surface area (Å²) in [5.74, 6) is 0.693. The summed E-state index contributed by atoms with van der Waals surface area (Å²) in [6, 6.07) is 1.77. The maximum atomic E-state index is 9.13. The maximum Gasteiger partial charge on any atom is 0.229 e. The first kappa shape index (κ1) is 14.5. The third-order valence-corrected chi connectivity index (χ3v) is 2.38. The van der Waals surface area contributed by atoms with Gasteiger partial charge in [-0.25, -0.2) is 0 Å². The molecule has 0 bridgehead atoms. The summed E-state index contributed by atoms with van der Waals surface area (Å²) < 4.78 is 0. The zero-order chi connectivity index (χ0) is 13.8. The summed E-state index contributed by atoms with van der Waals surface area (Å²) in [6.45, 7) is 8.49. The van der Waals surface area contributed by atoms with Gasteiger partial charge in [0.05, 0.1) is 6.07 Å². The van der Waals surface area contributed by atoms with Crippen molar-refractivity contribution in [3.63, 3.8) is 0 Å². The van der Waals surface area contributed by atoms with E-state index in [0.29, 0.717) is 18.4 Å². The molecular formula is C11H17ClN6. The van der Waals surface area contributed by atoms with Crippen molar-refractivity contribution in [3.05, 3.63) is 5.28 Å². The normalized spacial score (nSPS) is 12.7. The summed E-state index contributed by atoms with van der Waals surface area (Å²) in [7, 11) is 0. The summed E-state index contributed by atoms with van der Waals surface area (Å²) in [5, 5.41) is 15.1. The van der Waals surface area contributed by atoms with Crippen LogP contribution in [0.2, 0.25) is 5.28 Å². The van der Waals surface area contributed by atoms with Gasteiger partial charge >= 0.3 is 0 Å². The van der Waals surface area contributed by atoms with E-state index in [-0.39, 0.29) is 10.7 Å². The monoisotopic (exact) mass is 268 g/mol. The molecule has 6 nitrogen and oxygen atoms in total. The molecule has 1 unspecified atom stereocenters. The van der Waals surface area contributed by atoms with Crippen LogP contribution in [0.5, 0.6) is 0 Å². The van der Waals surface area contributed by atoms with E-state index < -0.39 is 6.04 Å². The lowest BCUT2D eigenvalue weighted by Crippen LogP contribution is -2.33. The van der Waals surface area contributed by atoms with Crippen LogP contribution in [-0.4, -0.2) is 27.5 Å². The second-order valence-electron chi connectivity index (χ2n) is 4.85. The molecule has 0 aliphatic heterocycles. The zero-order valence-corrected chi connectivity index (χ0v) is 11.7. The van der Waals surface area contributed by atoms with Crippen molar-refractivity contribution < 1.29 is 0 Å². The fourth-order valence-corrected chi connectivity index (χ4v) is 1.38. The third-order valence-electron chi connectivity index (χ3n) is 2.21. The molecule has 0 amide bonds. The Hall–Kier alpha value is -1.61. The summed E-state index contributed by atoms with van der Waals surface area (Å²) >= 11 is 5.80. The minimum Gasteiger partial charge on any atom is -0.354 e. The quantitative estimate of drug-likeness (QED) is 0.871. The second kappa shape index (κ2) is 5.83. The predicted molar refractivity (Wildman–Crippen MR) is 71.5 cm³/mol. The van der Waals surface area contributed by atoms with Crippen molar-refractivity contribution >= 4 is 23.5 Å². The summed E-state index contributed by atoms with van der Waals surface area (Å²) in [6.07, 6.45) is 0. The number of rotatable bonds is 4. The average Bonchev–Trinajstić information content (AvgIpc) is 2.24. The van der Waals surface area contributed by atoms with Gasteiger partial charge in [-0.05, 0) is 23.9 Å². The lowest BCUT2D eigenvalue weighted by Gasteiger charge is -2.25. The maximum absolute atomic E-state index is 9.13. The lowest BCUT2D eigenvalue weighted by atomic mass is 9.88. The zero-order valence-electron chi connectivity index (χ0n) is 11.0. The molecule has 1 aromatic rings. The fraction of sp³-hybridized carbons (Fsp3) is 0.636. The molecular weight excluding hydrogens is 252 g/mol. The fourth-order valence-electron chi connectivity index (χ4n) is 1.22. The first-order valence-electron chi connectivity index (χ1n) is 5.68. The van der Waals surface area contributed by atoms with E-state index in [1.807, 2.05) is 27.7 Å². The Bertz CT molecular complexity index is 448. The van der Waals surface area contributed by atoms with Crippen LogP contribution in [-0.2, 0) is 0 Å². The van der Waals surface area contributed by atoms with Gasteiger partial charge in [0.25, 0.3) is 0 Å². The Kier molecular flexibility index (Phi) is 4.68. The molecule has 1 heterocycles. The molecule has 0 spiro atoms. The number of nitrogens with one attached hydrogen (secondary N) is 2. The third kappa shape index (κ3) is 4.00. The van der Waals surface area contributed by atoms with Crippen LogP contribution in [0, 0.1) is 16.7 Å². The van der Waals surface area contributed by atoms with E-state index in [4.69, 9.17) is 16.9 Å². The van der Waals surface area contributed by atoms with E-state index in [2.05, 4.69) is 31.7 Å².